The van der Waals surface area contributed by atoms with Crippen molar-refractivity contribution in [1.82, 2.24) is 19.6 Å². The first-order chi connectivity index (χ1) is 11.6. The molecule has 7 heteroatoms. The summed E-state index contributed by atoms with van der Waals surface area (Å²) < 4.78 is 3.69. The van der Waals surface area contributed by atoms with Crippen LogP contribution in [-0.2, 0) is 14.1 Å². The summed E-state index contributed by atoms with van der Waals surface area (Å²) >= 11 is 5.41. The van der Waals surface area contributed by atoms with Crippen LogP contribution in [0.4, 0.5) is 11.4 Å². The van der Waals surface area contributed by atoms with E-state index in [1.807, 2.05) is 72.3 Å². The molecule has 2 aromatic carbocycles. The molecule has 2 aromatic heterocycles. The normalized spacial score (nSPS) is 11.1. The highest BCUT2D eigenvalue weighted by Crippen LogP contribution is 2.20. The summed E-state index contributed by atoms with van der Waals surface area (Å²) in [5, 5.41) is 17.6. The summed E-state index contributed by atoms with van der Waals surface area (Å²) in [4.78, 5) is 0. The van der Waals surface area contributed by atoms with E-state index in [0.29, 0.717) is 5.11 Å². The van der Waals surface area contributed by atoms with Crippen molar-refractivity contribution in [3.63, 3.8) is 0 Å². The van der Waals surface area contributed by atoms with Crippen molar-refractivity contribution in [2.24, 2.45) is 14.1 Å². The Morgan fingerprint density at radius 3 is 1.75 bits per heavy atom. The monoisotopic (exact) mass is 336 g/mol. The summed E-state index contributed by atoms with van der Waals surface area (Å²) in [6.45, 7) is 0. The van der Waals surface area contributed by atoms with Crippen LogP contribution in [0.1, 0.15) is 0 Å². The van der Waals surface area contributed by atoms with Crippen molar-refractivity contribution < 1.29 is 0 Å². The van der Waals surface area contributed by atoms with E-state index < -0.39 is 0 Å². The molecule has 0 saturated carbocycles. The maximum atomic E-state index is 5.41. The zero-order chi connectivity index (χ0) is 16.7. The third-order valence-corrected chi connectivity index (χ3v) is 4.21. The maximum Gasteiger partial charge on any atom is 0.175 e. The molecule has 0 spiro atoms. The number of aromatic nitrogens is 4. The molecule has 0 radical (unpaired) electrons. The van der Waals surface area contributed by atoms with Crippen LogP contribution >= 0.6 is 12.2 Å². The molecule has 0 fully saturated rings. The fourth-order valence-electron chi connectivity index (χ4n) is 2.78. The number of anilines is 2. The molecule has 0 amide bonds. The minimum atomic E-state index is 0.543. The molecule has 0 saturated heterocycles. The van der Waals surface area contributed by atoms with Crippen LogP contribution in [-0.4, -0.2) is 24.7 Å². The number of thiocarbonyl (C=S) groups is 1. The van der Waals surface area contributed by atoms with Gasteiger partial charge in [0.25, 0.3) is 0 Å². The number of rotatable bonds is 2. The molecular weight excluding hydrogens is 320 g/mol. The lowest BCUT2D eigenvalue weighted by Gasteiger charge is -2.11. The quantitative estimate of drug-likeness (QED) is 0.550. The van der Waals surface area contributed by atoms with Gasteiger partial charge in [-0.05, 0) is 48.6 Å². The Morgan fingerprint density at radius 1 is 0.833 bits per heavy atom. The van der Waals surface area contributed by atoms with Gasteiger partial charge in [0, 0.05) is 36.2 Å². The third kappa shape index (κ3) is 2.59. The van der Waals surface area contributed by atoms with Gasteiger partial charge in [-0.25, -0.2) is 0 Å². The number of fused-ring (bicyclic) bond motifs is 2. The van der Waals surface area contributed by atoms with Gasteiger partial charge in [-0.3, -0.25) is 9.36 Å². The predicted molar refractivity (Wildman–Crippen MR) is 101 cm³/mol. The van der Waals surface area contributed by atoms with E-state index in [1.165, 1.54) is 0 Å². The molecule has 4 rings (SSSR count). The second-order valence-corrected chi connectivity index (χ2v) is 6.07. The van der Waals surface area contributed by atoms with Gasteiger partial charge in [-0.15, -0.1) is 0 Å². The molecule has 24 heavy (non-hydrogen) atoms. The Morgan fingerprint density at radius 2 is 1.29 bits per heavy atom. The van der Waals surface area contributed by atoms with Crippen LogP contribution in [0, 0.1) is 0 Å². The van der Waals surface area contributed by atoms with E-state index in [4.69, 9.17) is 12.2 Å². The van der Waals surface area contributed by atoms with Crippen molar-refractivity contribution in [1.29, 1.82) is 0 Å². The van der Waals surface area contributed by atoms with Gasteiger partial charge in [0.15, 0.2) is 5.11 Å². The minimum Gasteiger partial charge on any atom is -0.332 e. The molecule has 0 aliphatic heterocycles. The number of aryl methyl sites for hydroxylation is 2. The van der Waals surface area contributed by atoms with Crippen LogP contribution in [0.15, 0.2) is 48.8 Å². The van der Waals surface area contributed by atoms with Gasteiger partial charge in [-0.2, -0.15) is 10.2 Å². The Bertz CT molecular complexity index is 978. The molecule has 0 aliphatic rings. The van der Waals surface area contributed by atoms with Gasteiger partial charge in [0.05, 0.1) is 23.4 Å². The molecule has 120 valence electrons. The lowest BCUT2D eigenvalue weighted by Crippen LogP contribution is -2.18. The van der Waals surface area contributed by atoms with Crippen LogP contribution in [0.5, 0.6) is 0 Å². The Balaban J connectivity index is 1.51. The number of hydrogen-bond donors (Lipinski definition) is 2. The van der Waals surface area contributed by atoms with Crippen molar-refractivity contribution in [2.75, 3.05) is 10.6 Å². The Labute approximate surface area is 144 Å². The van der Waals surface area contributed by atoms with Gasteiger partial charge in [0.2, 0.25) is 0 Å². The number of benzene rings is 2. The van der Waals surface area contributed by atoms with E-state index in [1.54, 1.807) is 0 Å². The van der Waals surface area contributed by atoms with Crippen LogP contribution in [0.3, 0.4) is 0 Å². The van der Waals surface area contributed by atoms with E-state index >= 15 is 0 Å². The second kappa shape index (κ2) is 5.61. The number of nitrogens with zero attached hydrogens (tertiary/aromatic N) is 4. The van der Waals surface area contributed by atoms with Gasteiger partial charge < -0.3 is 10.6 Å². The van der Waals surface area contributed by atoms with Gasteiger partial charge >= 0.3 is 0 Å². The minimum absolute atomic E-state index is 0.543. The highest BCUT2D eigenvalue weighted by molar-refractivity contribution is 7.80. The lowest BCUT2D eigenvalue weighted by atomic mass is 10.2. The first kappa shape index (κ1) is 14.6. The first-order valence-electron chi connectivity index (χ1n) is 7.52. The van der Waals surface area contributed by atoms with Gasteiger partial charge in [0.1, 0.15) is 0 Å². The zero-order valence-corrected chi connectivity index (χ0v) is 14.1. The van der Waals surface area contributed by atoms with Crippen molar-refractivity contribution >= 4 is 50.5 Å². The maximum absolute atomic E-state index is 5.41. The third-order valence-electron chi connectivity index (χ3n) is 4.01. The molecule has 0 aliphatic carbocycles. The van der Waals surface area contributed by atoms with E-state index in [2.05, 4.69) is 20.8 Å². The molecular formula is C17H16N6S. The first-order valence-corrected chi connectivity index (χ1v) is 7.92. The zero-order valence-electron chi connectivity index (χ0n) is 13.3. The fraction of sp³-hybridized carbons (Fsp3) is 0.118. The fourth-order valence-corrected chi connectivity index (χ4v) is 3.01. The SMILES string of the molecule is Cn1ncc2cc(NC(=S)Nc3ccc4c(cnn4C)c3)ccc21. The average molecular weight is 336 g/mol. The molecule has 0 unspecified atom stereocenters. The Hall–Kier alpha value is -2.93. The van der Waals surface area contributed by atoms with Crippen LogP contribution in [0.2, 0.25) is 0 Å². The highest BCUT2D eigenvalue weighted by Gasteiger charge is 2.05. The number of nitrogens with one attached hydrogen (secondary N) is 2. The van der Waals surface area contributed by atoms with Crippen LogP contribution < -0.4 is 10.6 Å². The summed E-state index contributed by atoms with van der Waals surface area (Å²) in [7, 11) is 3.85. The lowest BCUT2D eigenvalue weighted by molar-refractivity contribution is 0.797. The Kier molecular flexibility index (Phi) is 3.42. The summed E-state index contributed by atoms with van der Waals surface area (Å²) in [6, 6.07) is 12.1. The summed E-state index contributed by atoms with van der Waals surface area (Å²) in [5.74, 6) is 0. The van der Waals surface area contributed by atoms with Gasteiger partial charge in [-0.1, -0.05) is 0 Å². The number of hydrogen-bond acceptors (Lipinski definition) is 3. The van der Waals surface area contributed by atoms with E-state index in [9.17, 15) is 0 Å². The summed E-state index contributed by atoms with van der Waals surface area (Å²) in [5.41, 5.74) is 4.02. The molecule has 0 atom stereocenters. The van der Waals surface area contributed by atoms with Crippen LogP contribution in [0.25, 0.3) is 21.8 Å². The summed E-state index contributed by atoms with van der Waals surface area (Å²) in [6.07, 6.45) is 3.68. The van der Waals surface area contributed by atoms with E-state index in [-0.39, 0.29) is 0 Å². The topological polar surface area (TPSA) is 59.7 Å². The molecule has 4 aromatic rings. The molecule has 0 bridgehead atoms. The largest absolute Gasteiger partial charge is 0.332 e. The molecule has 2 heterocycles. The second-order valence-electron chi connectivity index (χ2n) is 5.66. The smallest absolute Gasteiger partial charge is 0.175 e. The van der Waals surface area contributed by atoms with E-state index in [0.717, 1.165) is 33.2 Å². The van der Waals surface area contributed by atoms with Crippen molar-refractivity contribution in [3.05, 3.63) is 48.8 Å². The molecule has 6 nitrogen and oxygen atoms in total. The van der Waals surface area contributed by atoms with Crippen molar-refractivity contribution in [2.45, 2.75) is 0 Å². The molecule has 2 N–H and O–H groups in total. The highest BCUT2D eigenvalue weighted by atomic mass is 32.1. The standard InChI is InChI=1S/C17H16N6S/c1-22-15-5-3-13(7-11(15)9-18-22)20-17(24)21-14-4-6-16-12(8-14)10-19-23(16)2/h3-10H,1-2H3,(H2,20,21,24). The predicted octanol–water partition coefficient (Wildman–Crippen LogP) is 3.27. The average Bonchev–Trinajstić information content (AvgIpc) is 3.11. The van der Waals surface area contributed by atoms with Crippen molar-refractivity contribution in [3.8, 4) is 0 Å².